The van der Waals surface area contributed by atoms with Crippen molar-refractivity contribution in [1.82, 2.24) is 4.90 Å². The number of terminal acetylenes is 1. The molecule has 0 atom stereocenters. The van der Waals surface area contributed by atoms with Gasteiger partial charge in [0, 0.05) is 24.1 Å². The number of nitrogens with two attached hydrogens (primary N) is 1. The molecule has 0 unspecified atom stereocenters. The van der Waals surface area contributed by atoms with Gasteiger partial charge < -0.3 is 10.6 Å². The first-order chi connectivity index (χ1) is 9.29. The van der Waals surface area contributed by atoms with Gasteiger partial charge in [-0.2, -0.15) is 0 Å². The van der Waals surface area contributed by atoms with Crippen LogP contribution in [0.2, 0.25) is 0 Å². The third kappa shape index (κ3) is 4.00. The van der Waals surface area contributed by atoms with Crippen LogP contribution in [0.1, 0.15) is 23.7 Å². The number of nitrogen functional groups attached to an aromatic ring is 1. The van der Waals surface area contributed by atoms with Crippen molar-refractivity contribution in [3.8, 4) is 12.3 Å². The lowest BCUT2D eigenvalue weighted by Crippen LogP contribution is -2.32. The van der Waals surface area contributed by atoms with Crippen LogP contribution in [0.4, 0.5) is 5.69 Å². The molecule has 0 bridgehead atoms. The van der Waals surface area contributed by atoms with Gasteiger partial charge in [0.1, 0.15) is 0 Å². The molecule has 0 aliphatic heterocycles. The molecule has 0 saturated heterocycles. The maximum atomic E-state index is 12.3. The molecule has 20 heavy (non-hydrogen) atoms. The van der Waals surface area contributed by atoms with Gasteiger partial charge in [0.15, 0.2) is 9.84 Å². The molecule has 0 fully saturated rings. The molecular weight excluding hydrogens is 276 g/mol. The molecule has 1 rings (SSSR count). The highest BCUT2D eigenvalue weighted by atomic mass is 32.2. The van der Waals surface area contributed by atoms with Gasteiger partial charge in [-0.05, 0) is 24.6 Å². The number of carbonyl (C=O) groups is 1. The van der Waals surface area contributed by atoms with Crippen molar-refractivity contribution >= 4 is 21.4 Å². The summed E-state index contributed by atoms with van der Waals surface area (Å²) in [7, 11) is -3.42. The van der Waals surface area contributed by atoms with Crippen molar-refractivity contribution in [3.63, 3.8) is 0 Å². The predicted octanol–water partition coefficient (Wildman–Crippen LogP) is 1.16. The number of benzene rings is 1. The van der Waals surface area contributed by atoms with Gasteiger partial charge >= 0.3 is 0 Å². The van der Waals surface area contributed by atoms with Crippen LogP contribution in [-0.2, 0) is 9.84 Å². The highest BCUT2D eigenvalue weighted by molar-refractivity contribution is 7.90. The fraction of sp³-hybridized carbons (Fsp3) is 0.357. The van der Waals surface area contributed by atoms with Gasteiger partial charge in [-0.1, -0.05) is 12.8 Å². The topological polar surface area (TPSA) is 80.5 Å². The zero-order valence-electron chi connectivity index (χ0n) is 11.6. The van der Waals surface area contributed by atoms with E-state index in [-0.39, 0.29) is 28.6 Å². The van der Waals surface area contributed by atoms with Crippen molar-refractivity contribution in [1.29, 1.82) is 0 Å². The van der Waals surface area contributed by atoms with Gasteiger partial charge in [-0.15, -0.1) is 6.42 Å². The molecule has 1 amide bonds. The Hall–Kier alpha value is -2.00. The molecule has 1 aromatic carbocycles. The molecule has 0 heterocycles. The Bertz CT molecular complexity index is 645. The highest BCUT2D eigenvalue weighted by Crippen LogP contribution is 2.18. The Morgan fingerprint density at radius 2 is 2.05 bits per heavy atom. The first kappa shape index (κ1) is 16.1. The van der Waals surface area contributed by atoms with Gasteiger partial charge in [0.2, 0.25) is 0 Å². The second-order valence-corrected chi connectivity index (χ2v) is 6.51. The predicted molar refractivity (Wildman–Crippen MR) is 79.0 cm³/mol. The Morgan fingerprint density at radius 3 is 2.55 bits per heavy atom. The lowest BCUT2D eigenvalue weighted by Gasteiger charge is -2.20. The lowest BCUT2D eigenvalue weighted by atomic mass is 10.1. The maximum Gasteiger partial charge on any atom is 0.254 e. The molecule has 0 radical (unpaired) electrons. The van der Waals surface area contributed by atoms with E-state index >= 15 is 0 Å². The summed E-state index contributed by atoms with van der Waals surface area (Å²) in [5, 5.41) is 0. The zero-order chi connectivity index (χ0) is 15.3. The summed E-state index contributed by atoms with van der Waals surface area (Å²) >= 11 is 0. The third-order valence-corrected chi connectivity index (χ3v) is 3.76. The van der Waals surface area contributed by atoms with Gasteiger partial charge in [0.25, 0.3) is 5.91 Å². The Kier molecular flexibility index (Phi) is 5.17. The van der Waals surface area contributed by atoms with Crippen molar-refractivity contribution in [2.24, 2.45) is 0 Å². The number of anilines is 1. The summed E-state index contributed by atoms with van der Waals surface area (Å²) in [5.41, 5.74) is 6.13. The number of hydrogen-bond acceptors (Lipinski definition) is 4. The van der Waals surface area contributed by atoms with E-state index < -0.39 is 9.84 Å². The molecule has 5 nitrogen and oxygen atoms in total. The summed E-state index contributed by atoms with van der Waals surface area (Å²) in [6.07, 6.45) is 7.07. The second kappa shape index (κ2) is 6.44. The SMILES string of the molecule is C#CCN(CCC)C(=O)c1cc(N)cc(S(C)(=O)=O)c1. The van der Waals surface area contributed by atoms with Gasteiger partial charge in [0.05, 0.1) is 11.4 Å². The Morgan fingerprint density at radius 1 is 1.40 bits per heavy atom. The number of hydrogen-bond donors (Lipinski definition) is 1. The molecule has 0 aliphatic rings. The number of sulfone groups is 1. The van der Waals surface area contributed by atoms with E-state index in [1.165, 1.54) is 23.1 Å². The molecule has 1 aromatic rings. The minimum atomic E-state index is -3.42. The fourth-order valence-corrected chi connectivity index (χ4v) is 2.47. The molecule has 0 aliphatic carbocycles. The van der Waals surface area contributed by atoms with Crippen LogP contribution >= 0.6 is 0 Å². The van der Waals surface area contributed by atoms with Crippen LogP contribution in [-0.4, -0.2) is 38.6 Å². The van der Waals surface area contributed by atoms with Crippen molar-refractivity contribution < 1.29 is 13.2 Å². The van der Waals surface area contributed by atoms with Crippen LogP contribution in [0, 0.1) is 12.3 Å². The van der Waals surface area contributed by atoms with Crippen LogP contribution in [0.25, 0.3) is 0 Å². The number of amides is 1. The smallest absolute Gasteiger partial charge is 0.254 e. The van der Waals surface area contributed by atoms with Crippen molar-refractivity contribution in [3.05, 3.63) is 23.8 Å². The van der Waals surface area contributed by atoms with E-state index in [4.69, 9.17) is 12.2 Å². The molecule has 2 N–H and O–H groups in total. The molecule has 0 aromatic heterocycles. The van der Waals surface area contributed by atoms with Crippen molar-refractivity contribution in [2.45, 2.75) is 18.2 Å². The summed E-state index contributed by atoms with van der Waals surface area (Å²) in [4.78, 5) is 13.8. The van der Waals surface area contributed by atoms with E-state index in [1.807, 2.05) is 6.92 Å². The summed E-state index contributed by atoms with van der Waals surface area (Å²) in [6, 6.07) is 4.11. The standard InChI is InChI=1S/C14H18N2O3S/c1-4-6-16(7-5-2)14(17)11-8-12(15)10-13(9-11)20(3,18)19/h1,8-10H,5-7,15H2,2-3H3. The first-order valence-electron chi connectivity index (χ1n) is 6.13. The van der Waals surface area contributed by atoms with Gasteiger partial charge in [-0.3, -0.25) is 4.79 Å². The molecule has 0 spiro atoms. The average Bonchev–Trinajstić information content (AvgIpc) is 2.36. The van der Waals surface area contributed by atoms with E-state index in [2.05, 4.69) is 5.92 Å². The monoisotopic (exact) mass is 294 g/mol. The first-order valence-corrected chi connectivity index (χ1v) is 8.02. The molecule has 108 valence electrons. The number of carbonyl (C=O) groups excluding carboxylic acids is 1. The van der Waals surface area contributed by atoms with Crippen LogP contribution in [0.5, 0.6) is 0 Å². The number of rotatable bonds is 5. The fourth-order valence-electron chi connectivity index (χ4n) is 1.77. The third-order valence-electron chi connectivity index (χ3n) is 2.67. The minimum Gasteiger partial charge on any atom is -0.399 e. The minimum absolute atomic E-state index is 0.0259. The number of nitrogens with zero attached hydrogens (tertiary/aromatic N) is 1. The Balaban J connectivity index is 3.22. The normalized spacial score (nSPS) is 10.8. The van der Waals surface area contributed by atoms with Crippen molar-refractivity contribution in [2.75, 3.05) is 25.1 Å². The molecule has 0 saturated carbocycles. The molecule has 6 heteroatoms. The summed E-state index contributed by atoms with van der Waals surface area (Å²) in [5.74, 6) is 2.10. The largest absolute Gasteiger partial charge is 0.399 e. The van der Waals surface area contributed by atoms with Crippen LogP contribution < -0.4 is 5.73 Å². The van der Waals surface area contributed by atoms with Crippen LogP contribution in [0.15, 0.2) is 23.1 Å². The second-order valence-electron chi connectivity index (χ2n) is 4.49. The maximum absolute atomic E-state index is 12.3. The van der Waals surface area contributed by atoms with Crippen LogP contribution in [0.3, 0.4) is 0 Å². The van der Waals surface area contributed by atoms with E-state index in [0.717, 1.165) is 12.7 Å². The average molecular weight is 294 g/mol. The Labute approximate surface area is 119 Å². The van der Waals surface area contributed by atoms with E-state index in [1.54, 1.807) is 0 Å². The lowest BCUT2D eigenvalue weighted by molar-refractivity contribution is 0.0776. The highest BCUT2D eigenvalue weighted by Gasteiger charge is 2.17. The quantitative estimate of drug-likeness (QED) is 0.652. The molecular formula is C14H18N2O3S. The summed E-state index contributed by atoms with van der Waals surface area (Å²) < 4.78 is 23.1. The van der Waals surface area contributed by atoms with E-state index in [0.29, 0.717) is 6.54 Å². The van der Waals surface area contributed by atoms with Gasteiger partial charge in [-0.25, -0.2) is 8.42 Å². The van der Waals surface area contributed by atoms with E-state index in [9.17, 15) is 13.2 Å². The zero-order valence-corrected chi connectivity index (χ0v) is 12.4. The summed E-state index contributed by atoms with van der Waals surface area (Å²) in [6.45, 7) is 2.61.